The lowest BCUT2D eigenvalue weighted by Crippen LogP contribution is -2.45. The molecule has 182 valence electrons. The van der Waals surface area contributed by atoms with Gasteiger partial charge in [0.25, 0.3) is 0 Å². The van der Waals surface area contributed by atoms with Gasteiger partial charge in [0, 0.05) is 56.7 Å². The molecule has 0 unspecified atom stereocenters. The van der Waals surface area contributed by atoms with Crippen LogP contribution in [0, 0.1) is 19.3 Å². The number of carboxylic acid groups (broad SMARTS) is 1. The standard InChI is InChI=1S/C26H35N5O3/c1-19-15-22(29-10-3-4-11-29)6-5-21(19)17-28-12-7-26(18-28)8-13-30(14-9-26)25(34)31-16-20(2)23(27-31)24(32)33/h5-6,15-16H,3-4,7-14,17-18H2,1-2H3,(H,32,33). The van der Waals surface area contributed by atoms with Gasteiger partial charge in [-0.15, -0.1) is 0 Å². The molecule has 0 bridgehead atoms. The van der Waals surface area contributed by atoms with Crippen molar-refractivity contribution < 1.29 is 14.7 Å². The van der Waals surface area contributed by atoms with Crippen LogP contribution in [0.15, 0.2) is 24.4 Å². The van der Waals surface area contributed by atoms with E-state index in [4.69, 9.17) is 0 Å². The van der Waals surface area contributed by atoms with Gasteiger partial charge in [0.15, 0.2) is 5.69 Å². The van der Waals surface area contributed by atoms with Gasteiger partial charge in [0.05, 0.1) is 0 Å². The summed E-state index contributed by atoms with van der Waals surface area (Å²) in [7, 11) is 0. The highest BCUT2D eigenvalue weighted by Gasteiger charge is 2.41. The van der Waals surface area contributed by atoms with E-state index in [0.29, 0.717) is 18.7 Å². The number of rotatable bonds is 4. The van der Waals surface area contributed by atoms with E-state index < -0.39 is 5.97 Å². The first kappa shape index (κ1) is 22.9. The zero-order valence-corrected chi connectivity index (χ0v) is 20.3. The number of aromatic carboxylic acids is 1. The Morgan fingerprint density at radius 1 is 1.00 bits per heavy atom. The van der Waals surface area contributed by atoms with Crippen LogP contribution >= 0.6 is 0 Å². The third-order valence-corrected chi connectivity index (χ3v) is 8.10. The number of nitrogens with zero attached hydrogens (tertiary/aromatic N) is 5. The molecule has 3 fully saturated rings. The molecule has 0 atom stereocenters. The first-order valence-electron chi connectivity index (χ1n) is 12.5. The summed E-state index contributed by atoms with van der Waals surface area (Å²) in [5.74, 6) is -1.10. The third kappa shape index (κ3) is 4.43. The average Bonchev–Trinajstić information content (AvgIpc) is 3.56. The van der Waals surface area contributed by atoms with E-state index in [1.807, 2.05) is 4.90 Å². The predicted octanol–water partition coefficient (Wildman–Crippen LogP) is 3.75. The van der Waals surface area contributed by atoms with E-state index >= 15 is 0 Å². The van der Waals surface area contributed by atoms with Crippen molar-refractivity contribution in [3.63, 3.8) is 0 Å². The van der Waals surface area contributed by atoms with E-state index in [1.54, 1.807) is 6.92 Å². The summed E-state index contributed by atoms with van der Waals surface area (Å²) >= 11 is 0. The van der Waals surface area contributed by atoms with Crippen molar-refractivity contribution in [1.29, 1.82) is 0 Å². The molecule has 8 nitrogen and oxygen atoms in total. The van der Waals surface area contributed by atoms with Gasteiger partial charge in [0.1, 0.15) is 0 Å². The van der Waals surface area contributed by atoms with Crippen molar-refractivity contribution in [2.45, 2.75) is 52.5 Å². The molecule has 1 spiro atoms. The first-order chi connectivity index (χ1) is 16.3. The molecule has 2 aromatic rings. The van der Waals surface area contributed by atoms with E-state index in [0.717, 1.165) is 32.5 Å². The van der Waals surface area contributed by atoms with Crippen LogP contribution in [0.25, 0.3) is 0 Å². The number of piperidine rings is 1. The zero-order chi connectivity index (χ0) is 23.9. The second-order valence-corrected chi connectivity index (χ2v) is 10.4. The molecule has 3 saturated heterocycles. The van der Waals surface area contributed by atoms with Gasteiger partial charge >= 0.3 is 12.0 Å². The highest BCUT2D eigenvalue weighted by Crippen LogP contribution is 2.41. The number of likely N-dealkylation sites (tertiary alicyclic amines) is 2. The Bertz CT molecular complexity index is 1080. The fourth-order valence-corrected chi connectivity index (χ4v) is 5.93. The van der Waals surface area contributed by atoms with Crippen LogP contribution in [0.5, 0.6) is 0 Å². The molecule has 0 saturated carbocycles. The minimum Gasteiger partial charge on any atom is -0.476 e. The molecule has 1 amide bonds. The molecule has 1 aromatic heterocycles. The monoisotopic (exact) mass is 465 g/mol. The number of aromatic nitrogens is 2. The fraction of sp³-hybridized carbons (Fsp3) is 0.577. The Morgan fingerprint density at radius 3 is 2.35 bits per heavy atom. The average molecular weight is 466 g/mol. The molecule has 0 aliphatic carbocycles. The highest BCUT2D eigenvalue weighted by atomic mass is 16.4. The number of benzene rings is 1. The van der Waals surface area contributed by atoms with Gasteiger partial charge in [-0.25, -0.2) is 9.59 Å². The number of anilines is 1. The second-order valence-electron chi connectivity index (χ2n) is 10.4. The number of amides is 1. The van der Waals surface area contributed by atoms with Crippen molar-refractivity contribution >= 4 is 17.7 Å². The Hall–Kier alpha value is -2.87. The van der Waals surface area contributed by atoms with Crippen LogP contribution in [-0.4, -0.2) is 76.0 Å². The van der Waals surface area contributed by atoms with Gasteiger partial charge < -0.3 is 14.9 Å². The number of hydrogen-bond donors (Lipinski definition) is 1. The second kappa shape index (κ2) is 9.06. The summed E-state index contributed by atoms with van der Waals surface area (Å²) in [6, 6.07) is 6.72. The molecular formula is C26H35N5O3. The normalized spacial score (nSPS) is 20.4. The molecule has 8 heteroatoms. The van der Waals surface area contributed by atoms with Crippen LogP contribution in [0.4, 0.5) is 10.5 Å². The van der Waals surface area contributed by atoms with Crippen LogP contribution in [-0.2, 0) is 6.54 Å². The number of carbonyl (C=O) groups excluding carboxylic acids is 1. The van der Waals surface area contributed by atoms with Crippen LogP contribution < -0.4 is 4.90 Å². The summed E-state index contributed by atoms with van der Waals surface area (Å²) < 4.78 is 1.19. The van der Waals surface area contributed by atoms with Crippen molar-refractivity contribution in [3.05, 3.63) is 46.8 Å². The molecule has 3 aliphatic heterocycles. The Kier molecular flexibility index (Phi) is 6.10. The molecule has 0 radical (unpaired) electrons. The fourth-order valence-electron chi connectivity index (χ4n) is 5.93. The van der Waals surface area contributed by atoms with Gasteiger partial charge in [-0.3, -0.25) is 4.90 Å². The summed E-state index contributed by atoms with van der Waals surface area (Å²) in [5.41, 5.74) is 4.86. The maximum absolute atomic E-state index is 12.9. The predicted molar refractivity (Wildman–Crippen MR) is 130 cm³/mol. The number of hydrogen-bond acceptors (Lipinski definition) is 5. The summed E-state index contributed by atoms with van der Waals surface area (Å²) in [5, 5.41) is 13.2. The zero-order valence-electron chi connectivity index (χ0n) is 20.3. The summed E-state index contributed by atoms with van der Waals surface area (Å²) in [4.78, 5) is 31.0. The van der Waals surface area contributed by atoms with Crippen LogP contribution in [0.1, 0.15) is 59.3 Å². The van der Waals surface area contributed by atoms with E-state index in [1.165, 1.54) is 60.0 Å². The van der Waals surface area contributed by atoms with E-state index in [-0.39, 0.29) is 17.1 Å². The van der Waals surface area contributed by atoms with E-state index in [2.05, 4.69) is 40.0 Å². The van der Waals surface area contributed by atoms with Crippen LogP contribution in [0.3, 0.4) is 0 Å². The summed E-state index contributed by atoms with van der Waals surface area (Å²) in [6.07, 6.45) is 7.24. The summed E-state index contributed by atoms with van der Waals surface area (Å²) in [6.45, 7) is 10.8. The lowest BCUT2D eigenvalue weighted by molar-refractivity contribution is 0.0689. The maximum Gasteiger partial charge on any atom is 0.356 e. The minimum absolute atomic E-state index is 0.0583. The molecule has 1 N–H and O–H groups in total. The molecule has 1 aromatic carbocycles. The van der Waals surface area contributed by atoms with Gasteiger partial charge in [-0.1, -0.05) is 6.07 Å². The Balaban J connectivity index is 1.17. The van der Waals surface area contributed by atoms with Gasteiger partial charge in [-0.05, 0) is 81.2 Å². The molecular weight excluding hydrogens is 430 g/mol. The van der Waals surface area contributed by atoms with Crippen molar-refractivity contribution in [2.24, 2.45) is 5.41 Å². The minimum atomic E-state index is -1.10. The SMILES string of the molecule is Cc1cc(N2CCCC2)ccc1CN1CCC2(CCN(C(=O)n3cc(C)c(C(=O)O)n3)CC2)C1. The molecule has 5 rings (SSSR count). The topological polar surface area (TPSA) is 81.9 Å². The quantitative estimate of drug-likeness (QED) is 0.741. The number of carbonyl (C=O) groups is 2. The lowest BCUT2D eigenvalue weighted by Gasteiger charge is -2.39. The van der Waals surface area contributed by atoms with Crippen molar-refractivity contribution in [1.82, 2.24) is 19.6 Å². The Morgan fingerprint density at radius 2 is 1.71 bits per heavy atom. The molecule has 34 heavy (non-hydrogen) atoms. The van der Waals surface area contributed by atoms with Gasteiger partial charge in [-0.2, -0.15) is 9.78 Å². The molecule has 3 aliphatic rings. The number of aryl methyl sites for hydroxylation is 2. The van der Waals surface area contributed by atoms with Crippen LogP contribution in [0.2, 0.25) is 0 Å². The van der Waals surface area contributed by atoms with Crippen molar-refractivity contribution in [2.75, 3.05) is 44.2 Å². The Labute approximate surface area is 201 Å². The smallest absolute Gasteiger partial charge is 0.356 e. The lowest BCUT2D eigenvalue weighted by atomic mass is 9.78. The largest absolute Gasteiger partial charge is 0.476 e. The number of carboxylic acids is 1. The first-order valence-corrected chi connectivity index (χ1v) is 12.5. The highest BCUT2D eigenvalue weighted by molar-refractivity contribution is 5.88. The van der Waals surface area contributed by atoms with E-state index in [9.17, 15) is 14.7 Å². The van der Waals surface area contributed by atoms with Crippen molar-refractivity contribution in [3.8, 4) is 0 Å². The van der Waals surface area contributed by atoms with Gasteiger partial charge in [0.2, 0.25) is 0 Å². The third-order valence-electron chi connectivity index (χ3n) is 8.10. The maximum atomic E-state index is 12.9. The molecule has 4 heterocycles.